The molecule has 0 aliphatic rings. The van der Waals surface area contributed by atoms with Crippen LogP contribution in [0.15, 0.2) is 12.2 Å². The average molecular weight is 307 g/mol. The Hall–Kier alpha value is -0.523. The van der Waals surface area contributed by atoms with Crippen LogP contribution in [-0.4, -0.2) is 16.4 Å². The van der Waals surface area contributed by atoms with Gasteiger partial charge in [-0.15, -0.1) is 6.42 Å². The van der Waals surface area contributed by atoms with Crippen LogP contribution in [0.2, 0.25) is 5.04 Å². The van der Waals surface area contributed by atoms with E-state index in [1.54, 1.807) is 6.08 Å². The minimum atomic E-state index is 0.311. The summed E-state index contributed by atoms with van der Waals surface area (Å²) in [4.78, 5) is 0. The molecule has 0 aliphatic carbocycles. The number of hydrogen-bond donors (Lipinski definition) is 0. The number of allylic oxidation sites excluding steroid dienone is 1. The van der Waals surface area contributed by atoms with Crippen molar-refractivity contribution in [1.29, 1.82) is 0 Å². The summed E-state index contributed by atoms with van der Waals surface area (Å²) in [6, 6.07) is 0. The molecule has 0 N–H and O–H groups in total. The first-order chi connectivity index (χ1) is 10.1. The lowest BCUT2D eigenvalue weighted by Gasteiger charge is -2.22. The van der Waals surface area contributed by atoms with Crippen LogP contribution >= 0.6 is 0 Å². The van der Waals surface area contributed by atoms with Gasteiger partial charge in [0.25, 0.3) is 0 Å². The van der Waals surface area contributed by atoms with Crippen LogP contribution in [0.5, 0.6) is 0 Å². The highest BCUT2D eigenvalue weighted by Gasteiger charge is 2.19. The molecule has 0 rings (SSSR count). The Labute approximate surface area is 135 Å². The molecule has 1 nitrogen and oxygen atoms in total. The van der Waals surface area contributed by atoms with Crippen molar-refractivity contribution in [3.8, 4) is 12.3 Å². The van der Waals surface area contributed by atoms with Gasteiger partial charge in [-0.2, -0.15) is 0 Å². The van der Waals surface area contributed by atoms with Crippen molar-refractivity contribution in [2.24, 2.45) is 0 Å². The fourth-order valence-electron chi connectivity index (χ4n) is 2.33. The van der Waals surface area contributed by atoms with Gasteiger partial charge in [0.2, 0.25) is 9.76 Å². The zero-order valence-electron chi connectivity index (χ0n) is 14.4. The van der Waals surface area contributed by atoms with Gasteiger partial charge in [0.15, 0.2) is 0 Å². The number of terminal acetylenes is 1. The van der Waals surface area contributed by atoms with Crippen molar-refractivity contribution in [2.75, 3.05) is 6.61 Å². The Balaban J connectivity index is 3.40. The van der Waals surface area contributed by atoms with Crippen molar-refractivity contribution in [3.05, 3.63) is 12.2 Å². The van der Waals surface area contributed by atoms with Crippen LogP contribution in [-0.2, 0) is 4.43 Å². The fourth-order valence-corrected chi connectivity index (χ4v) is 3.18. The lowest BCUT2D eigenvalue weighted by Crippen LogP contribution is -2.16. The molecule has 0 unspecified atom stereocenters. The van der Waals surface area contributed by atoms with Crippen LogP contribution < -0.4 is 0 Å². The molecule has 0 fully saturated rings. The van der Waals surface area contributed by atoms with Crippen molar-refractivity contribution in [1.82, 2.24) is 0 Å². The monoisotopic (exact) mass is 306 g/mol. The lowest BCUT2D eigenvalue weighted by molar-refractivity contribution is 0.353. The topological polar surface area (TPSA) is 9.23 Å². The smallest absolute Gasteiger partial charge is 0.236 e. The van der Waals surface area contributed by atoms with E-state index in [2.05, 4.69) is 26.7 Å². The summed E-state index contributed by atoms with van der Waals surface area (Å²) in [6.45, 7) is 7.53. The van der Waals surface area contributed by atoms with Crippen molar-refractivity contribution < 1.29 is 4.43 Å². The normalized spacial score (nSPS) is 11.9. The molecule has 0 aromatic heterocycles. The van der Waals surface area contributed by atoms with Gasteiger partial charge in [-0.3, -0.25) is 0 Å². The Morgan fingerprint density at radius 1 is 1.00 bits per heavy atom. The third kappa shape index (κ3) is 15.7. The highest BCUT2D eigenvalue weighted by atomic mass is 28.2. The molecule has 0 bridgehead atoms. The number of rotatable bonds is 14. The Kier molecular flexibility index (Phi) is 14.1. The highest BCUT2D eigenvalue weighted by Crippen LogP contribution is 2.30. The molecule has 0 saturated carbocycles. The SMILES string of the molecule is C#C/C=C/CO[Si]C(C)(C)CCCCCCCCCCC. The first-order valence-electron chi connectivity index (χ1n) is 8.62. The van der Waals surface area contributed by atoms with E-state index in [4.69, 9.17) is 10.8 Å². The van der Waals surface area contributed by atoms with Crippen molar-refractivity contribution in [3.63, 3.8) is 0 Å². The summed E-state index contributed by atoms with van der Waals surface area (Å²) in [5.41, 5.74) is 0. The van der Waals surface area contributed by atoms with Crippen LogP contribution in [0.3, 0.4) is 0 Å². The summed E-state index contributed by atoms with van der Waals surface area (Å²) in [5, 5.41) is 0.311. The molecular formula is C19H34OSi. The zero-order valence-corrected chi connectivity index (χ0v) is 15.4. The maximum absolute atomic E-state index is 5.68. The van der Waals surface area contributed by atoms with Crippen molar-refractivity contribution in [2.45, 2.75) is 90.0 Å². The quantitative estimate of drug-likeness (QED) is 0.219. The van der Waals surface area contributed by atoms with Gasteiger partial charge < -0.3 is 4.43 Å². The molecule has 0 aromatic rings. The first kappa shape index (κ1) is 20.5. The van der Waals surface area contributed by atoms with Crippen LogP contribution in [0.25, 0.3) is 0 Å². The lowest BCUT2D eigenvalue weighted by atomic mass is 10.0. The highest BCUT2D eigenvalue weighted by molar-refractivity contribution is 6.31. The Morgan fingerprint density at radius 2 is 1.57 bits per heavy atom. The summed E-state index contributed by atoms with van der Waals surface area (Å²) in [6.07, 6.45) is 22.6. The van der Waals surface area contributed by atoms with E-state index in [9.17, 15) is 0 Å². The molecule has 0 amide bonds. The summed E-state index contributed by atoms with van der Waals surface area (Å²) >= 11 is 0. The van der Waals surface area contributed by atoms with Crippen LogP contribution in [0.1, 0.15) is 85.0 Å². The molecule has 0 saturated heterocycles. The Bertz CT molecular complexity index is 288. The largest absolute Gasteiger partial charge is 0.413 e. The van der Waals surface area contributed by atoms with Crippen LogP contribution in [0.4, 0.5) is 0 Å². The third-order valence-electron chi connectivity index (χ3n) is 3.65. The maximum atomic E-state index is 5.68. The average Bonchev–Trinajstić information content (AvgIpc) is 2.45. The molecule has 120 valence electrons. The predicted molar refractivity (Wildman–Crippen MR) is 95.6 cm³/mol. The van der Waals surface area contributed by atoms with Crippen LogP contribution in [0, 0.1) is 12.3 Å². The molecule has 0 spiro atoms. The second-order valence-corrected chi connectivity index (χ2v) is 8.29. The molecular weight excluding hydrogens is 272 g/mol. The van der Waals surface area contributed by atoms with Gasteiger partial charge >= 0.3 is 0 Å². The van der Waals surface area contributed by atoms with E-state index < -0.39 is 0 Å². The molecule has 0 aromatic carbocycles. The number of unbranched alkanes of at least 4 members (excludes halogenated alkanes) is 8. The maximum Gasteiger partial charge on any atom is 0.236 e. The second-order valence-electron chi connectivity index (χ2n) is 6.44. The van der Waals surface area contributed by atoms with Gasteiger partial charge in [-0.05, 0) is 17.5 Å². The van der Waals surface area contributed by atoms with Gasteiger partial charge in [0.1, 0.15) is 0 Å². The van der Waals surface area contributed by atoms with E-state index in [1.807, 2.05) is 6.08 Å². The summed E-state index contributed by atoms with van der Waals surface area (Å²) < 4.78 is 5.68. The Morgan fingerprint density at radius 3 is 2.14 bits per heavy atom. The standard InChI is InChI=1S/C19H34OSi/c1-5-7-9-10-11-12-13-14-15-17-19(3,4)21-20-18-16-8-6-2/h2,8,16H,5,7,9-15,17-18H2,1,3-4H3/b16-8+. The molecule has 2 radical (unpaired) electrons. The third-order valence-corrected chi connectivity index (χ3v) is 4.76. The van der Waals surface area contributed by atoms with E-state index in [-0.39, 0.29) is 0 Å². The van der Waals surface area contributed by atoms with E-state index in [0.717, 1.165) is 0 Å². The summed E-state index contributed by atoms with van der Waals surface area (Å²) in [5.74, 6) is 2.48. The van der Waals surface area contributed by atoms with Gasteiger partial charge in [-0.25, -0.2) is 0 Å². The first-order valence-corrected chi connectivity index (χ1v) is 9.53. The molecule has 0 heterocycles. The molecule has 0 atom stereocenters. The van der Waals surface area contributed by atoms with Crippen molar-refractivity contribution >= 4 is 9.76 Å². The predicted octanol–water partition coefficient (Wildman–Crippen LogP) is 5.93. The van der Waals surface area contributed by atoms with E-state index in [0.29, 0.717) is 21.4 Å². The van der Waals surface area contributed by atoms with E-state index >= 15 is 0 Å². The molecule has 2 heteroatoms. The van der Waals surface area contributed by atoms with Gasteiger partial charge in [0, 0.05) is 0 Å². The minimum absolute atomic E-state index is 0.311. The van der Waals surface area contributed by atoms with E-state index in [1.165, 1.54) is 64.2 Å². The molecule has 21 heavy (non-hydrogen) atoms. The van der Waals surface area contributed by atoms with Gasteiger partial charge in [0.05, 0.1) is 6.61 Å². The van der Waals surface area contributed by atoms with Gasteiger partial charge in [-0.1, -0.05) is 90.6 Å². The zero-order chi connectivity index (χ0) is 15.8. The summed E-state index contributed by atoms with van der Waals surface area (Å²) in [7, 11) is 0.562. The molecule has 0 aliphatic heterocycles. The minimum Gasteiger partial charge on any atom is -0.413 e. The number of hydrogen-bond acceptors (Lipinski definition) is 1. The second kappa shape index (κ2) is 14.4. The fraction of sp³-hybridized carbons (Fsp3) is 0.789.